The molecule has 1 aliphatic rings. The molecule has 0 radical (unpaired) electrons. The molecule has 1 atom stereocenters. The summed E-state index contributed by atoms with van der Waals surface area (Å²) in [6.45, 7) is 1.21. The Morgan fingerprint density at radius 3 is 2.81 bits per heavy atom. The van der Waals surface area contributed by atoms with E-state index in [4.69, 9.17) is 4.74 Å². The number of nitrogens with one attached hydrogen (secondary N) is 1. The normalized spacial score (nSPS) is 17.0. The number of aromatic nitrogens is 1. The molecule has 2 heterocycles. The Kier molecular flexibility index (Phi) is 5.88. The molecule has 1 amide bonds. The fourth-order valence-electron chi connectivity index (χ4n) is 3.46. The van der Waals surface area contributed by atoms with Crippen molar-refractivity contribution in [2.24, 2.45) is 5.92 Å². The summed E-state index contributed by atoms with van der Waals surface area (Å²) in [7, 11) is 1.40. The number of rotatable bonds is 5. The number of aryl methyl sites for hydroxylation is 1. The predicted octanol–water partition coefficient (Wildman–Crippen LogP) is 3.15. The number of nitrogens with zero attached hydrogens (tertiary/aromatic N) is 1. The number of ether oxygens (including phenoxy) is 1. The third kappa shape index (κ3) is 4.53. The van der Waals surface area contributed by atoms with Crippen LogP contribution < -0.4 is 10.2 Å². The molecular weight excluding hydrogens is 354 g/mol. The van der Waals surface area contributed by atoms with Gasteiger partial charge in [-0.05, 0) is 49.3 Å². The molecule has 1 aromatic heterocycles. The number of piperidine rings is 1. The molecule has 3 rings (SSSR count). The molecular formula is C20H22F2N2O3. The molecule has 0 spiro atoms. The molecule has 27 heavy (non-hydrogen) atoms. The first-order chi connectivity index (χ1) is 13.0. The van der Waals surface area contributed by atoms with Gasteiger partial charge >= 0.3 is 0 Å². The number of methoxy groups -OCH3 is 1. The van der Waals surface area contributed by atoms with Crippen LogP contribution in [0.1, 0.15) is 35.3 Å². The largest absolute Gasteiger partial charge is 0.491 e. The Morgan fingerprint density at radius 2 is 2.11 bits per heavy atom. The van der Waals surface area contributed by atoms with Crippen LogP contribution in [0, 0.1) is 17.6 Å². The second-order valence-electron chi connectivity index (χ2n) is 6.83. The van der Waals surface area contributed by atoms with Crippen molar-refractivity contribution >= 4 is 5.91 Å². The maximum Gasteiger partial charge on any atom is 0.270 e. The van der Waals surface area contributed by atoms with Gasteiger partial charge in [0.25, 0.3) is 5.91 Å². The number of amides is 1. The third-order valence-electron chi connectivity index (χ3n) is 4.96. The number of H-pyrrole nitrogens is 1. The van der Waals surface area contributed by atoms with Crippen molar-refractivity contribution in [1.82, 2.24) is 9.88 Å². The number of halogens is 2. The van der Waals surface area contributed by atoms with E-state index in [1.165, 1.54) is 25.4 Å². The van der Waals surface area contributed by atoms with Gasteiger partial charge in [0.15, 0.2) is 17.4 Å². The lowest BCUT2D eigenvalue weighted by atomic mass is 9.91. The van der Waals surface area contributed by atoms with Crippen LogP contribution in [-0.4, -0.2) is 36.0 Å². The van der Waals surface area contributed by atoms with Crippen LogP contribution in [0.4, 0.5) is 8.78 Å². The Bertz CT molecular complexity index is 882. The van der Waals surface area contributed by atoms with E-state index in [0.717, 1.165) is 30.9 Å². The van der Waals surface area contributed by atoms with Crippen LogP contribution in [0.3, 0.4) is 0 Å². The minimum Gasteiger partial charge on any atom is -0.491 e. The summed E-state index contributed by atoms with van der Waals surface area (Å²) in [5, 5.41) is 0. The maximum atomic E-state index is 13.3. The second-order valence-corrected chi connectivity index (χ2v) is 6.83. The molecule has 1 unspecified atom stereocenters. The zero-order valence-electron chi connectivity index (χ0n) is 15.1. The van der Waals surface area contributed by atoms with Crippen LogP contribution in [0.5, 0.6) is 5.75 Å². The Morgan fingerprint density at radius 1 is 1.30 bits per heavy atom. The zero-order valence-corrected chi connectivity index (χ0v) is 15.1. The molecule has 0 saturated carbocycles. The molecule has 2 aromatic rings. The fraction of sp³-hybridized carbons (Fsp3) is 0.400. The number of carbonyl (C=O) groups is 1. The summed E-state index contributed by atoms with van der Waals surface area (Å²) >= 11 is 0. The smallest absolute Gasteiger partial charge is 0.270 e. The van der Waals surface area contributed by atoms with E-state index >= 15 is 0 Å². The van der Waals surface area contributed by atoms with Gasteiger partial charge in [-0.15, -0.1) is 0 Å². The lowest BCUT2D eigenvalue weighted by Crippen LogP contribution is -2.40. The first kappa shape index (κ1) is 19.1. The van der Waals surface area contributed by atoms with Crippen molar-refractivity contribution < 1.29 is 18.3 Å². The van der Waals surface area contributed by atoms with Crippen LogP contribution in [0.25, 0.3) is 0 Å². The van der Waals surface area contributed by atoms with E-state index in [1.807, 2.05) is 0 Å². The summed E-state index contributed by atoms with van der Waals surface area (Å²) < 4.78 is 31.3. The van der Waals surface area contributed by atoms with Gasteiger partial charge in [0.05, 0.1) is 7.11 Å². The van der Waals surface area contributed by atoms with Gasteiger partial charge in [0.2, 0.25) is 5.43 Å². The monoisotopic (exact) mass is 376 g/mol. The lowest BCUT2D eigenvalue weighted by Gasteiger charge is -2.32. The highest BCUT2D eigenvalue weighted by Crippen LogP contribution is 2.23. The van der Waals surface area contributed by atoms with Gasteiger partial charge in [-0.3, -0.25) is 9.59 Å². The Balaban J connectivity index is 1.61. The highest BCUT2D eigenvalue weighted by molar-refractivity contribution is 5.92. The van der Waals surface area contributed by atoms with Crippen molar-refractivity contribution in [2.45, 2.75) is 25.7 Å². The summed E-state index contributed by atoms with van der Waals surface area (Å²) in [6.07, 6.45) is 4.65. The van der Waals surface area contributed by atoms with Crippen molar-refractivity contribution in [3.63, 3.8) is 0 Å². The minimum atomic E-state index is -0.846. The highest BCUT2D eigenvalue weighted by Gasteiger charge is 2.25. The van der Waals surface area contributed by atoms with Crippen LogP contribution >= 0.6 is 0 Å². The van der Waals surface area contributed by atoms with Crippen LogP contribution in [0.2, 0.25) is 0 Å². The van der Waals surface area contributed by atoms with E-state index in [1.54, 1.807) is 11.0 Å². The van der Waals surface area contributed by atoms with E-state index in [0.29, 0.717) is 19.5 Å². The minimum absolute atomic E-state index is 0.162. The van der Waals surface area contributed by atoms with Crippen molar-refractivity contribution in [3.8, 4) is 5.75 Å². The van der Waals surface area contributed by atoms with E-state index in [-0.39, 0.29) is 28.7 Å². The predicted molar refractivity (Wildman–Crippen MR) is 96.9 cm³/mol. The standard InChI is InChI=1S/C20H22F2N2O3/c1-27-19-11-23-17(10-18(19)25)20(26)24-8-2-3-14(12-24)5-4-13-6-7-15(21)16(22)9-13/h6-7,9-11,14H,2-5,8,12H2,1H3,(H,23,25). The van der Waals surface area contributed by atoms with E-state index < -0.39 is 11.6 Å². The molecule has 0 bridgehead atoms. The molecule has 1 aromatic carbocycles. The highest BCUT2D eigenvalue weighted by atomic mass is 19.2. The Labute approximate surface area is 156 Å². The number of pyridine rings is 1. The van der Waals surface area contributed by atoms with Gasteiger partial charge < -0.3 is 14.6 Å². The van der Waals surface area contributed by atoms with Crippen LogP contribution in [-0.2, 0) is 6.42 Å². The molecule has 7 heteroatoms. The second kappa shape index (κ2) is 8.33. The van der Waals surface area contributed by atoms with E-state index in [9.17, 15) is 18.4 Å². The first-order valence-corrected chi connectivity index (χ1v) is 8.98. The molecule has 144 valence electrons. The average molecular weight is 376 g/mol. The molecule has 0 aliphatic carbocycles. The lowest BCUT2D eigenvalue weighted by molar-refractivity contribution is 0.0662. The molecule has 5 nitrogen and oxygen atoms in total. The van der Waals surface area contributed by atoms with Gasteiger partial charge in [-0.1, -0.05) is 6.07 Å². The zero-order chi connectivity index (χ0) is 19.4. The number of hydrogen-bond acceptors (Lipinski definition) is 3. The van der Waals surface area contributed by atoms with Gasteiger partial charge in [-0.2, -0.15) is 0 Å². The summed E-state index contributed by atoms with van der Waals surface area (Å²) in [6, 6.07) is 5.21. The molecule has 1 N–H and O–H groups in total. The average Bonchev–Trinajstić information content (AvgIpc) is 2.68. The van der Waals surface area contributed by atoms with E-state index in [2.05, 4.69) is 4.98 Å². The first-order valence-electron chi connectivity index (χ1n) is 8.98. The van der Waals surface area contributed by atoms with Crippen molar-refractivity contribution in [3.05, 3.63) is 63.6 Å². The molecule has 1 fully saturated rings. The summed E-state index contributed by atoms with van der Waals surface area (Å²) in [5.74, 6) is -1.46. The number of hydrogen-bond donors (Lipinski definition) is 1. The van der Waals surface area contributed by atoms with Gasteiger partial charge in [-0.25, -0.2) is 8.78 Å². The fourth-order valence-corrected chi connectivity index (χ4v) is 3.46. The number of carbonyl (C=O) groups excluding carboxylic acids is 1. The summed E-state index contributed by atoms with van der Waals surface area (Å²) in [4.78, 5) is 29.1. The van der Waals surface area contributed by atoms with Crippen molar-refractivity contribution in [2.75, 3.05) is 20.2 Å². The number of aromatic amines is 1. The number of benzene rings is 1. The SMILES string of the molecule is COc1c[nH]c(C(=O)N2CCCC(CCc3ccc(F)c(F)c3)C2)cc1=O. The maximum absolute atomic E-state index is 13.3. The number of likely N-dealkylation sites (tertiary alicyclic amines) is 1. The molecule has 1 saturated heterocycles. The van der Waals surface area contributed by atoms with Gasteiger partial charge in [0, 0.05) is 25.4 Å². The third-order valence-corrected chi connectivity index (χ3v) is 4.96. The summed E-state index contributed by atoms with van der Waals surface area (Å²) in [5.41, 5.74) is 0.644. The molecule has 1 aliphatic heterocycles. The van der Waals surface area contributed by atoms with Crippen LogP contribution in [0.15, 0.2) is 35.3 Å². The Hall–Kier alpha value is -2.70. The topological polar surface area (TPSA) is 62.4 Å². The van der Waals surface area contributed by atoms with Crippen molar-refractivity contribution in [1.29, 1.82) is 0 Å². The van der Waals surface area contributed by atoms with Gasteiger partial charge in [0.1, 0.15) is 5.69 Å². The quantitative estimate of drug-likeness (QED) is 0.872.